The molecule has 0 amide bonds. The number of hydrogen-bond donors (Lipinski definition) is 1. The molecule has 0 bridgehead atoms. The lowest BCUT2D eigenvalue weighted by Crippen LogP contribution is -2.09. The van der Waals surface area contributed by atoms with E-state index in [1.807, 2.05) is 24.3 Å². The average molecular weight is 325 g/mol. The van der Waals surface area contributed by atoms with Gasteiger partial charge in [-0.3, -0.25) is 0 Å². The highest BCUT2D eigenvalue weighted by atomic mass is 32.1. The molecule has 0 fully saturated rings. The van der Waals surface area contributed by atoms with E-state index in [2.05, 4.69) is 11.9 Å². The number of anilines is 1. The van der Waals surface area contributed by atoms with E-state index in [0.29, 0.717) is 17.6 Å². The maximum atomic E-state index is 6.30. The van der Waals surface area contributed by atoms with Crippen LogP contribution in [0.5, 0.6) is 5.75 Å². The molecule has 118 valence electrons. The maximum absolute atomic E-state index is 6.30. The van der Waals surface area contributed by atoms with E-state index in [1.165, 1.54) is 16.9 Å². The maximum Gasteiger partial charge on any atom is 0.163 e. The number of aromatic nitrogens is 2. The van der Waals surface area contributed by atoms with Crippen molar-refractivity contribution in [3.8, 4) is 17.1 Å². The predicted molar refractivity (Wildman–Crippen MR) is 95.0 cm³/mol. The lowest BCUT2D eigenvalue weighted by molar-refractivity contribution is 0.415. The van der Waals surface area contributed by atoms with E-state index in [4.69, 9.17) is 15.5 Å². The molecule has 1 atom stereocenters. The van der Waals surface area contributed by atoms with Gasteiger partial charge in [-0.15, -0.1) is 11.3 Å². The molecule has 4 nitrogen and oxygen atoms in total. The van der Waals surface area contributed by atoms with E-state index in [-0.39, 0.29) is 0 Å². The summed E-state index contributed by atoms with van der Waals surface area (Å²) in [6, 6.07) is 7.77. The van der Waals surface area contributed by atoms with Gasteiger partial charge in [0.2, 0.25) is 0 Å². The Morgan fingerprint density at radius 2 is 2.00 bits per heavy atom. The highest BCUT2D eigenvalue weighted by Gasteiger charge is 2.23. The molecule has 3 aromatic rings. The van der Waals surface area contributed by atoms with Crippen LogP contribution in [0.3, 0.4) is 0 Å². The Hall–Kier alpha value is -2.14. The summed E-state index contributed by atoms with van der Waals surface area (Å²) in [5, 5.41) is 1.08. The van der Waals surface area contributed by atoms with Crippen molar-refractivity contribution in [2.45, 2.75) is 26.2 Å². The van der Waals surface area contributed by atoms with Crippen LogP contribution in [-0.4, -0.2) is 17.1 Å². The summed E-state index contributed by atoms with van der Waals surface area (Å²) < 4.78 is 5.20. The third-order valence-electron chi connectivity index (χ3n) is 4.53. The van der Waals surface area contributed by atoms with Gasteiger partial charge in [0, 0.05) is 10.4 Å². The van der Waals surface area contributed by atoms with E-state index in [0.717, 1.165) is 34.4 Å². The summed E-state index contributed by atoms with van der Waals surface area (Å²) in [5.74, 6) is 2.82. The van der Waals surface area contributed by atoms with Crippen LogP contribution in [0.1, 0.15) is 23.8 Å². The number of aryl methyl sites for hydroxylation is 1. The summed E-state index contributed by atoms with van der Waals surface area (Å²) in [6.45, 7) is 2.30. The molecule has 0 saturated carbocycles. The number of fused-ring (bicyclic) bond motifs is 3. The zero-order valence-electron chi connectivity index (χ0n) is 13.3. The Balaban J connectivity index is 1.84. The number of thiophene rings is 1. The van der Waals surface area contributed by atoms with Crippen LogP contribution >= 0.6 is 11.3 Å². The van der Waals surface area contributed by atoms with Gasteiger partial charge >= 0.3 is 0 Å². The fourth-order valence-corrected chi connectivity index (χ4v) is 4.47. The van der Waals surface area contributed by atoms with E-state index < -0.39 is 0 Å². The molecule has 0 radical (unpaired) electrons. The molecule has 2 heterocycles. The third kappa shape index (κ3) is 2.45. The Labute approximate surface area is 139 Å². The smallest absolute Gasteiger partial charge is 0.163 e. The molecule has 0 aliphatic heterocycles. The summed E-state index contributed by atoms with van der Waals surface area (Å²) in [6.07, 6.45) is 3.47. The minimum atomic E-state index is 0.604. The number of rotatable bonds is 2. The second kappa shape index (κ2) is 5.49. The Bertz CT molecular complexity index is 870. The zero-order chi connectivity index (χ0) is 16.0. The molecular weight excluding hydrogens is 306 g/mol. The monoisotopic (exact) mass is 325 g/mol. The molecule has 1 aliphatic carbocycles. The van der Waals surface area contributed by atoms with Crippen molar-refractivity contribution < 1.29 is 4.74 Å². The molecule has 1 aliphatic rings. The normalized spacial score (nSPS) is 17.2. The minimum Gasteiger partial charge on any atom is -0.497 e. The summed E-state index contributed by atoms with van der Waals surface area (Å²) >= 11 is 1.78. The number of nitrogens with two attached hydrogens (primary N) is 1. The summed E-state index contributed by atoms with van der Waals surface area (Å²) in [4.78, 5) is 11.8. The molecule has 0 spiro atoms. The van der Waals surface area contributed by atoms with Gasteiger partial charge in [0.05, 0.1) is 12.5 Å². The van der Waals surface area contributed by atoms with Crippen LogP contribution in [0.2, 0.25) is 0 Å². The standard InChI is InChI=1S/C18H19N3OS/c1-10-3-8-14-13(9-10)15-16(19)20-17(21-18(15)23-14)11-4-6-12(22-2)7-5-11/h4-7,10H,3,8-9H2,1-2H3,(H2,19,20,21)/t10-/m0/s1. The number of nitrogens with zero attached hydrogens (tertiary/aromatic N) is 2. The van der Waals surface area contributed by atoms with Crippen molar-refractivity contribution in [1.29, 1.82) is 0 Å². The van der Waals surface area contributed by atoms with E-state index >= 15 is 0 Å². The van der Waals surface area contributed by atoms with E-state index in [9.17, 15) is 0 Å². The van der Waals surface area contributed by atoms with Gasteiger partial charge in [0.25, 0.3) is 0 Å². The quantitative estimate of drug-likeness (QED) is 0.771. The summed E-state index contributed by atoms with van der Waals surface area (Å²) in [5.41, 5.74) is 8.63. The number of ether oxygens (including phenoxy) is 1. The lowest BCUT2D eigenvalue weighted by Gasteiger charge is -2.18. The molecule has 23 heavy (non-hydrogen) atoms. The first-order valence-electron chi connectivity index (χ1n) is 7.88. The lowest BCUT2D eigenvalue weighted by atomic mass is 9.89. The molecule has 5 heteroatoms. The largest absolute Gasteiger partial charge is 0.497 e. The topological polar surface area (TPSA) is 61.0 Å². The van der Waals surface area contributed by atoms with Crippen molar-refractivity contribution >= 4 is 27.4 Å². The Morgan fingerprint density at radius 3 is 2.74 bits per heavy atom. The molecule has 1 aromatic carbocycles. The first-order chi connectivity index (χ1) is 11.2. The van der Waals surface area contributed by atoms with Crippen LogP contribution in [0, 0.1) is 5.92 Å². The fraction of sp³-hybridized carbons (Fsp3) is 0.333. The van der Waals surface area contributed by atoms with Crippen molar-refractivity contribution in [2.75, 3.05) is 12.8 Å². The molecular formula is C18H19N3OS. The third-order valence-corrected chi connectivity index (χ3v) is 5.71. The Morgan fingerprint density at radius 1 is 1.22 bits per heavy atom. The van der Waals surface area contributed by atoms with Crippen molar-refractivity contribution in [2.24, 2.45) is 5.92 Å². The minimum absolute atomic E-state index is 0.604. The first kappa shape index (κ1) is 14.5. The molecule has 0 saturated heterocycles. The van der Waals surface area contributed by atoms with Gasteiger partial charge in [-0.25, -0.2) is 9.97 Å². The Kier molecular flexibility index (Phi) is 3.45. The number of methoxy groups -OCH3 is 1. The number of hydrogen-bond acceptors (Lipinski definition) is 5. The van der Waals surface area contributed by atoms with Gasteiger partial charge in [0.15, 0.2) is 5.82 Å². The molecule has 4 rings (SSSR count). The van der Waals surface area contributed by atoms with Gasteiger partial charge in [-0.1, -0.05) is 6.92 Å². The molecule has 2 N–H and O–H groups in total. The number of benzene rings is 1. The zero-order valence-corrected chi connectivity index (χ0v) is 14.1. The van der Waals surface area contributed by atoms with Gasteiger partial charge in [-0.2, -0.15) is 0 Å². The van der Waals surface area contributed by atoms with Gasteiger partial charge in [-0.05, 0) is 55.0 Å². The average Bonchev–Trinajstić information content (AvgIpc) is 2.93. The fourth-order valence-electron chi connectivity index (χ4n) is 3.25. The van der Waals surface area contributed by atoms with Gasteiger partial charge in [0.1, 0.15) is 16.4 Å². The molecule has 0 unspecified atom stereocenters. The molecule has 2 aromatic heterocycles. The highest BCUT2D eigenvalue weighted by molar-refractivity contribution is 7.19. The van der Waals surface area contributed by atoms with Crippen LogP contribution < -0.4 is 10.5 Å². The SMILES string of the molecule is COc1ccc(-c2nc(N)c3c4c(sc3n2)CC[C@H](C)C4)cc1. The number of nitrogen functional groups attached to an aromatic ring is 1. The van der Waals surface area contributed by atoms with Crippen molar-refractivity contribution in [3.05, 3.63) is 34.7 Å². The van der Waals surface area contributed by atoms with Crippen LogP contribution in [0.25, 0.3) is 21.6 Å². The highest BCUT2D eigenvalue weighted by Crippen LogP contribution is 2.40. The van der Waals surface area contributed by atoms with Crippen LogP contribution in [-0.2, 0) is 12.8 Å². The van der Waals surface area contributed by atoms with Crippen LogP contribution in [0.15, 0.2) is 24.3 Å². The summed E-state index contributed by atoms with van der Waals surface area (Å²) in [7, 11) is 1.66. The van der Waals surface area contributed by atoms with Crippen molar-refractivity contribution in [3.63, 3.8) is 0 Å². The second-order valence-corrected chi connectivity index (χ2v) is 7.28. The second-order valence-electron chi connectivity index (χ2n) is 6.19. The predicted octanol–water partition coefficient (Wildman–Crippen LogP) is 4.07. The first-order valence-corrected chi connectivity index (χ1v) is 8.69. The van der Waals surface area contributed by atoms with Crippen molar-refractivity contribution in [1.82, 2.24) is 9.97 Å². The van der Waals surface area contributed by atoms with Gasteiger partial charge < -0.3 is 10.5 Å². The van der Waals surface area contributed by atoms with Crippen LogP contribution in [0.4, 0.5) is 5.82 Å². The van der Waals surface area contributed by atoms with E-state index in [1.54, 1.807) is 18.4 Å².